The fourth-order valence-electron chi connectivity index (χ4n) is 1.45. The number of aliphatic carboxylic acids is 1. The monoisotopic (exact) mass is 264 g/mol. The average Bonchev–Trinajstić information content (AvgIpc) is 2.74. The Morgan fingerprint density at radius 2 is 2.37 bits per heavy atom. The summed E-state index contributed by atoms with van der Waals surface area (Å²) in [6.07, 6.45) is 9.01. The van der Waals surface area contributed by atoms with Gasteiger partial charge in [0, 0.05) is 38.8 Å². The number of hydrogen-bond donors (Lipinski definition) is 3. The quantitative estimate of drug-likeness (QED) is 0.617. The molecular formula is C12H16N4O3. The number of nitrogens with zero attached hydrogens (tertiary/aromatic N) is 2. The Kier molecular flexibility index (Phi) is 5.41. The number of rotatable bonds is 6. The third kappa shape index (κ3) is 4.71. The zero-order valence-corrected chi connectivity index (χ0v) is 10.6. The van der Waals surface area contributed by atoms with Crippen LogP contribution < -0.4 is 10.6 Å². The molecule has 0 saturated carbocycles. The van der Waals surface area contributed by atoms with Crippen molar-refractivity contribution >= 4 is 12.0 Å². The van der Waals surface area contributed by atoms with Crippen molar-refractivity contribution in [1.29, 1.82) is 0 Å². The van der Waals surface area contributed by atoms with Gasteiger partial charge in [-0.1, -0.05) is 0 Å². The van der Waals surface area contributed by atoms with Crippen LogP contribution in [0.5, 0.6) is 0 Å². The minimum Gasteiger partial charge on any atom is -0.480 e. The van der Waals surface area contributed by atoms with E-state index in [4.69, 9.17) is 11.5 Å². The summed E-state index contributed by atoms with van der Waals surface area (Å²) in [5.74, 6) is 1.88. The van der Waals surface area contributed by atoms with Crippen molar-refractivity contribution in [1.82, 2.24) is 20.2 Å². The third-order valence-electron chi connectivity index (χ3n) is 2.48. The van der Waals surface area contributed by atoms with E-state index in [2.05, 4.69) is 21.5 Å². The van der Waals surface area contributed by atoms with Crippen LogP contribution >= 0.6 is 0 Å². The lowest BCUT2D eigenvalue weighted by atomic mass is 10.2. The molecule has 7 heteroatoms. The Balaban J connectivity index is 2.33. The second-order valence-corrected chi connectivity index (χ2v) is 3.90. The van der Waals surface area contributed by atoms with Gasteiger partial charge in [-0.25, -0.2) is 14.6 Å². The molecule has 3 N–H and O–H groups in total. The highest BCUT2D eigenvalue weighted by molar-refractivity contribution is 5.82. The molecule has 0 radical (unpaired) electrons. The zero-order valence-electron chi connectivity index (χ0n) is 10.6. The summed E-state index contributed by atoms with van der Waals surface area (Å²) < 4.78 is 1.85. The van der Waals surface area contributed by atoms with Gasteiger partial charge in [0.2, 0.25) is 0 Å². The van der Waals surface area contributed by atoms with E-state index in [1.165, 1.54) is 0 Å². The topological polar surface area (TPSA) is 96.3 Å². The van der Waals surface area contributed by atoms with Crippen LogP contribution in [0.4, 0.5) is 4.79 Å². The highest BCUT2D eigenvalue weighted by Crippen LogP contribution is 1.94. The smallest absolute Gasteiger partial charge is 0.327 e. The summed E-state index contributed by atoms with van der Waals surface area (Å²) in [7, 11) is 1.86. The summed E-state index contributed by atoms with van der Waals surface area (Å²) >= 11 is 0. The zero-order chi connectivity index (χ0) is 14.3. The largest absolute Gasteiger partial charge is 0.480 e. The van der Waals surface area contributed by atoms with E-state index in [1.807, 2.05) is 17.8 Å². The van der Waals surface area contributed by atoms with Crippen LogP contribution in [-0.2, 0) is 18.3 Å². The van der Waals surface area contributed by atoms with Crippen molar-refractivity contribution < 1.29 is 14.7 Å². The number of carbonyl (C=O) groups is 2. The van der Waals surface area contributed by atoms with Crippen LogP contribution in [0.15, 0.2) is 12.4 Å². The van der Waals surface area contributed by atoms with Crippen molar-refractivity contribution in [3.63, 3.8) is 0 Å². The number of imidazole rings is 1. The Hall–Kier alpha value is -2.49. The Labute approximate surface area is 111 Å². The van der Waals surface area contributed by atoms with E-state index in [-0.39, 0.29) is 6.42 Å². The van der Waals surface area contributed by atoms with E-state index >= 15 is 0 Å². The number of urea groups is 1. The van der Waals surface area contributed by atoms with Crippen LogP contribution in [0.3, 0.4) is 0 Å². The molecule has 1 heterocycles. The van der Waals surface area contributed by atoms with E-state index in [0.29, 0.717) is 13.0 Å². The van der Waals surface area contributed by atoms with Crippen molar-refractivity contribution in [3.05, 3.63) is 18.2 Å². The molecule has 102 valence electrons. The van der Waals surface area contributed by atoms with Crippen LogP contribution in [0, 0.1) is 12.3 Å². The molecule has 1 rings (SSSR count). The number of terminal acetylenes is 1. The predicted octanol–water partition coefficient (Wildman–Crippen LogP) is -0.262. The first-order valence-corrected chi connectivity index (χ1v) is 5.71. The van der Waals surface area contributed by atoms with Gasteiger partial charge in [0.25, 0.3) is 0 Å². The van der Waals surface area contributed by atoms with E-state index in [9.17, 15) is 9.59 Å². The van der Waals surface area contributed by atoms with Crippen LogP contribution in [-0.4, -0.2) is 39.2 Å². The molecule has 0 aromatic carbocycles. The SMILES string of the molecule is C#CCC(NC(=O)NCCc1nccn1C)C(=O)O. The Morgan fingerprint density at radius 3 is 2.89 bits per heavy atom. The van der Waals surface area contributed by atoms with Gasteiger partial charge in [0.15, 0.2) is 0 Å². The third-order valence-corrected chi connectivity index (χ3v) is 2.48. The first kappa shape index (κ1) is 14.6. The Bertz CT molecular complexity index is 489. The summed E-state index contributed by atoms with van der Waals surface area (Å²) in [5.41, 5.74) is 0. The Morgan fingerprint density at radius 1 is 1.63 bits per heavy atom. The molecule has 1 unspecified atom stereocenters. The second-order valence-electron chi connectivity index (χ2n) is 3.90. The summed E-state index contributed by atoms with van der Waals surface area (Å²) in [6.45, 7) is 0.360. The molecule has 1 atom stereocenters. The number of amides is 2. The summed E-state index contributed by atoms with van der Waals surface area (Å²) in [6, 6.07) is -1.63. The lowest BCUT2D eigenvalue weighted by Crippen LogP contribution is -2.46. The maximum absolute atomic E-state index is 11.5. The maximum Gasteiger partial charge on any atom is 0.327 e. The van der Waals surface area contributed by atoms with Crippen molar-refractivity contribution in [2.75, 3.05) is 6.54 Å². The van der Waals surface area contributed by atoms with Gasteiger partial charge in [-0.15, -0.1) is 12.3 Å². The molecule has 0 aliphatic carbocycles. The number of carbonyl (C=O) groups excluding carboxylic acids is 1. The van der Waals surface area contributed by atoms with Gasteiger partial charge >= 0.3 is 12.0 Å². The first-order chi connectivity index (χ1) is 9.04. The second kappa shape index (κ2) is 7.06. The molecule has 0 aliphatic rings. The van der Waals surface area contributed by atoms with Gasteiger partial charge in [0.05, 0.1) is 0 Å². The van der Waals surface area contributed by atoms with E-state index in [0.717, 1.165) is 5.82 Å². The predicted molar refractivity (Wildman–Crippen MR) is 68.3 cm³/mol. The fraction of sp³-hybridized carbons (Fsp3) is 0.417. The molecule has 0 saturated heterocycles. The van der Waals surface area contributed by atoms with Crippen molar-refractivity contribution in [2.24, 2.45) is 7.05 Å². The molecule has 0 spiro atoms. The maximum atomic E-state index is 11.5. The number of carboxylic acids is 1. The minimum atomic E-state index is -1.16. The number of aromatic nitrogens is 2. The molecule has 19 heavy (non-hydrogen) atoms. The van der Waals surface area contributed by atoms with Gasteiger partial charge in [0.1, 0.15) is 11.9 Å². The number of hydrogen-bond acceptors (Lipinski definition) is 3. The van der Waals surface area contributed by atoms with Crippen LogP contribution in [0.1, 0.15) is 12.2 Å². The van der Waals surface area contributed by atoms with E-state index < -0.39 is 18.0 Å². The van der Waals surface area contributed by atoms with Crippen molar-refractivity contribution in [3.8, 4) is 12.3 Å². The standard InChI is InChI=1S/C12H16N4O3/c1-3-4-9(11(17)18)15-12(19)14-6-5-10-13-7-8-16(10)2/h1,7-9H,4-6H2,2H3,(H,17,18)(H2,14,15,19). The van der Waals surface area contributed by atoms with Gasteiger partial charge in [-0.2, -0.15) is 0 Å². The first-order valence-electron chi connectivity index (χ1n) is 5.71. The molecule has 7 nitrogen and oxygen atoms in total. The lowest BCUT2D eigenvalue weighted by molar-refractivity contribution is -0.139. The van der Waals surface area contributed by atoms with E-state index in [1.54, 1.807) is 6.20 Å². The molecule has 0 bridgehead atoms. The molecular weight excluding hydrogens is 248 g/mol. The number of aryl methyl sites for hydroxylation is 1. The highest BCUT2D eigenvalue weighted by atomic mass is 16.4. The van der Waals surface area contributed by atoms with Gasteiger partial charge in [-0.05, 0) is 0 Å². The molecule has 1 aromatic rings. The number of nitrogens with one attached hydrogen (secondary N) is 2. The fourth-order valence-corrected chi connectivity index (χ4v) is 1.45. The highest BCUT2D eigenvalue weighted by Gasteiger charge is 2.18. The molecule has 0 fully saturated rings. The normalized spacial score (nSPS) is 11.4. The molecule has 1 aromatic heterocycles. The summed E-state index contributed by atoms with van der Waals surface area (Å²) in [4.78, 5) is 26.3. The van der Waals surface area contributed by atoms with Gasteiger partial charge in [-0.3, -0.25) is 0 Å². The number of carboxylic acid groups (broad SMARTS) is 1. The summed E-state index contributed by atoms with van der Waals surface area (Å²) in [5, 5.41) is 13.7. The van der Waals surface area contributed by atoms with Crippen LogP contribution in [0.25, 0.3) is 0 Å². The lowest BCUT2D eigenvalue weighted by Gasteiger charge is -2.12. The van der Waals surface area contributed by atoms with Crippen LogP contribution in [0.2, 0.25) is 0 Å². The van der Waals surface area contributed by atoms with Gasteiger partial charge < -0.3 is 20.3 Å². The van der Waals surface area contributed by atoms with Crippen molar-refractivity contribution in [2.45, 2.75) is 18.9 Å². The molecule has 2 amide bonds. The average molecular weight is 264 g/mol. The molecule has 0 aliphatic heterocycles. The minimum absolute atomic E-state index is 0.0535.